The summed E-state index contributed by atoms with van der Waals surface area (Å²) in [7, 11) is 0. The minimum Gasteiger partial charge on any atom is -0.282 e. The van der Waals surface area contributed by atoms with E-state index in [4.69, 9.17) is 11.6 Å². The second-order valence-electron chi connectivity index (χ2n) is 4.95. The van der Waals surface area contributed by atoms with Gasteiger partial charge >= 0.3 is 0 Å². The Balaban J connectivity index is 1.70. The van der Waals surface area contributed by atoms with Gasteiger partial charge in [0.25, 0.3) is 0 Å². The Morgan fingerprint density at radius 2 is 2.09 bits per heavy atom. The quantitative estimate of drug-likeness (QED) is 0.616. The summed E-state index contributed by atoms with van der Waals surface area (Å²) in [5.41, 5.74) is 2.64. The molecule has 0 aliphatic carbocycles. The van der Waals surface area contributed by atoms with Crippen molar-refractivity contribution in [2.24, 2.45) is 0 Å². The van der Waals surface area contributed by atoms with Crippen LogP contribution in [0, 0.1) is 6.92 Å². The third-order valence-corrected chi connectivity index (χ3v) is 4.46. The maximum Gasteiger partial charge on any atom is 0.235 e. The average Bonchev–Trinajstić information content (AvgIpc) is 3.21. The normalized spacial score (nSPS) is 11.7. The van der Waals surface area contributed by atoms with Gasteiger partial charge in [0.1, 0.15) is 10.7 Å². The van der Waals surface area contributed by atoms with E-state index in [1.54, 1.807) is 4.52 Å². The number of aromatic nitrogens is 6. The van der Waals surface area contributed by atoms with Crippen LogP contribution in [-0.2, 0) is 0 Å². The summed E-state index contributed by atoms with van der Waals surface area (Å²) in [6, 6.07) is 9.58. The fraction of sp³-hybridized carbons (Fsp3) is 0.0667. The lowest BCUT2D eigenvalue weighted by Crippen LogP contribution is -1.90. The van der Waals surface area contributed by atoms with Crippen molar-refractivity contribution in [2.75, 3.05) is 0 Å². The lowest BCUT2D eigenvalue weighted by atomic mass is 10.2. The van der Waals surface area contributed by atoms with Gasteiger partial charge in [0.2, 0.25) is 10.8 Å². The smallest absolute Gasteiger partial charge is 0.235 e. The molecular weight excluding hydrogens is 332 g/mol. The number of halogens is 1. The Kier molecular flexibility index (Phi) is 3.44. The highest BCUT2D eigenvalue weighted by Crippen LogP contribution is 2.23. The highest BCUT2D eigenvalue weighted by atomic mass is 35.5. The largest absolute Gasteiger partial charge is 0.282 e. The van der Waals surface area contributed by atoms with E-state index in [0.717, 1.165) is 26.9 Å². The lowest BCUT2D eigenvalue weighted by Gasteiger charge is -1.95. The van der Waals surface area contributed by atoms with Crippen molar-refractivity contribution >= 4 is 40.1 Å². The fourth-order valence-corrected chi connectivity index (χ4v) is 3.10. The first-order valence-electron chi connectivity index (χ1n) is 6.88. The van der Waals surface area contributed by atoms with Crippen LogP contribution in [0.2, 0.25) is 5.02 Å². The van der Waals surface area contributed by atoms with E-state index < -0.39 is 0 Å². The van der Waals surface area contributed by atoms with Crippen molar-refractivity contribution in [3.05, 3.63) is 51.6 Å². The Morgan fingerprint density at radius 3 is 2.87 bits per heavy atom. The Labute approximate surface area is 140 Å². The van der Waals surface area contributed by atoms with Crippen molar-refractivity contribution in [3.63, 3.8) is 0 Å². The van der Waals surface area contributed by atoms with Crippen molar-refractivity contribution in [3.8, 4) is 11.5 Å². The number of benzene rings is 1. The zero-order valence-corrected chi connectivity index (χ0v) is 13.6. The molecule has 114 valence electrons. The van der Waals surface area contributed by atoms with Crippen molar-refractivity contribution in [1.82, 2.24) is 30.0 Å². The zero-order chi connectivity index (χ0) is 15.8. The molecule has 0 amide bonds. The molecule has 6 nitrogen and oxygen atoms in total. The number of aryl methyl sites for hydroxylation is 1. The van der Waals surface area contributed by atoms with E-state index in [1.807, 2.05) is 49.4 Å². The minimum absolute atomic E-state index is 0.623. The third kappa shape index (κ3) is 2.64. The summed E-state index contributed by atoms with van der Waals surface area (Å²) < 4.78 is 1.70. The second-order valence-corrected chi connectivity index (χ2v) is 6.34. The number of hydrogen-bond acceptors (Lipinski definition) is 5. The highest BCUT2D eigenvalue weighted by Gasteiger charge is 2.14. The van der Waals surface area contributed by atoms with Gasteiger partial charge in [-0.1, -0.05) is 47.2 Å². The van der Waals surface area contributed by atoms with Crippen LogP contribution in [0.1, 0.15) is 16.3 Å². The van der Waals surface area contributed by atoms with Gasteiger partial charge in [0.15, 0.2) is 0 Å². The molecule has 1 aromatic carbocycles. The molecule has 8 heteroatoms. The SMILES string of the molecule is Cc1cc(-c2nnc3sc(C=Cc4ccccc4Cl)nn23)n[nH]1. The molecule has 0 radical (unpaired) electrons. The van der Waals surface area contributed by atoms with E-state index in [2.05, 4.69) is 25.5 Å². The van der Waals surface area contributed by atoms with Crippen LogP contribution in [0.5, 0.6) is 0 Å². The topological polar surface area (TPSA) is 71.8 Å². The number of aromatic amines is 1. The molecule has 0 aliphatic heterocycles. The number of nitrogens with one attached hydrogen (secondary N) is 1. The van der Waals surface area contributed by atoms with Crippen LogP contribution >= 0.6 is 22.9 Å². The van der Waals surface area contributed by atoms with E-state index >= 15 is 0 Å². The zero-order valence-electron chi connectivity index (χ0n) is 12.1. The van der Waals surface area contributed by atoms with Crippen molar-refractivity contribution in [1.29, 1.82) is 0 Å². The Morgan fingerprint density at radius 1 is 1.22 bits per heavy atom. The average molecular weight is 343 g/mol. The minimum atomic E-state index is 0.623. The first-order chi connectivity index (χ1) is 11.2. The number of fused-ring (bicyclic) bond motifs is 1. The van der Waals surface area contributed by atoms with Gasteiger partial charge in [0, 0.05) is 10.7 Å². The fourth-order valence-electron chi connectivity index (χ4n) is 2.16. The molecule has 0 atom stereocenters. The molecule has 0 spiro atoms. The van der Waals surface area contributed by atoms with Gasteiger partial charge in [-0.3, -0.25) is 5.10 Å². The van der Waals surface area contributed by atoms with E-state index in [0.29, 0.717) is 10.8 Å². The molecule has 0 saturated carbocycles. The molecule has 0 bridgehead atoms. The third-order valence-electron chi connectivity index (χ3n) is 3.25. The monoisotopic (exact) mass is 342 g/mol. The first-order valence-corrected chi connectivity index (χ1v) is 8.07. The van der Waals surface area contributed by atoms with Crippen LogP contribution in [0.15, 0.2) is 30.3 Å². The molecule has 3 heterocycles. The molecule has 4 aromatic rings. The predicted molar refractivity (Wildman–Crippen MR) is 91.4 cm³/mol. The van der Waals surface area contributed by atoms with Gasteiger partial charge in [-0.2, -0.15) is 14.7 Å². The number of H-pyrrole nitrogens is 1. The van der Waals surface area contributed by atoms with Gasteiger partial charge in [0.05, 0.1) is 0 Å². The van der Waals surface area contributed by atoms with Gasteiger partial charge in [-0.15, -0.1) is 10.2 Å². The molecular formula is C15H11ClN6S. The van der Waals surface area contributed by atoms with E-state index in [1.165, 1.54) is 11.3 Å². The Hall–Kier alpha value is -2.51. The number of rotatable bonds is 3. The molecule has 1 N–H and O–H groups in total. The molecule has 0 fully saturated rings. The van der Waals surface area contributed by atoms with Crippen molar-refractivity contribution < 1.29 is 0 Å². The molecule has 23 heavy (non-hydrogen) atoms. The molecule has 4 rings (SSSR count). The number of nitrogens with zero attached hydrogens (tertiary/aromatic N) is 5. The van der Waals surface area contributed by atoms with Gasteiger partial charge in [-0.05, 0) is 30.7 Å². The van der Waals surface area contributed by atoms with Crippen LogP contribution < -0.4 is 0 Å². The second kappa shape index (κ2) is 5.60. The standard InChI is InChI=1S/C15H11ClN6S/c1-9-8-12(18-17-9)14-19-20-15-22(14)21-13(23-15)7-6-10-4-2-3-5-11(10)16/h2-8H,1H3,(H,17,18). The van der Waals surface area contributed by atoms with Crippen LogP contribution in [0.3, 0.4) is 0 Å². The molecule has 0 unspecified atom stereocenters. The maximum absolute atomic E-state index is 6.15. The van der Waals surface area contributed by atoms with E-state index in [9.17, 15) is 0 Å². The summed E-state index contributed by atoms with van der Waals surface area (Å²) in [5.74, 6) is 0.623. The summed E-state index contributed by atoms with van der Waals surface area (Å²) in [6.07, 6.45) is 3.85. The summed E-state index contributed by atoms with van der Waals surface area (Å²) in [5, 5.41) is 21.5. The summed E-state index contributed by atoms with van der Waals surface area (Å²) >= 11 is 7.60. The molecule has 0 saturated heterocycles. The van der Waals surface area contributed by atoms with Crippen LogP contribution in [0.4, 0.5) is 0 Å². The van der Waals surface area contributed by atoms with Gasteiger partial charge in [-0.25, -0.2) is 0 Å². The predicted octanol–water partition coefficient (Wildman–Crippen LogP) is 3.71. The van der Waals surface area contributed by atoms with E-state index in [-0.39, 0.29) is 0 Å². The maximum atomic E-state index is 6.15. The van der Waals surface area contributed by atoms with Gasteiger partial charge < -0.3 is 0 Å². The molecule has 3 aromatic heterocycles. The van der Waals surface area contributed by atoms with Crippen LogP contribution in [-0.4, -0.2) is 30.0 Å². The summed E-state index contributed by atoms with van der Waals surface area (Å²) in [6.45, 7) is 1.94. The van der Waals surface area contributed by atoms with Crippen LogP contribution in [0.25, 0.3) is 28.6 Å². The highest BCUT2D eigenvalue weighted by molar-refractivity contribution is 7.17. The Bertz CT molecular complexity index is 1010. The first kappa shape index (κ1) is 14.1. The lowest BCUT2D eigenvalue weighted by molar-refractivity contribution is 0.943. The number of hydrogen-bond donors (Lipinski definition) is 1. The summed E-state index contributed by atoms with van der Waals surface area (Å²) in [4.78, 5) is 0.722. The molecule has 0 aliphatic rings. The van der Waals surface area contributed by atoms with Crippen molar-refractivity contribution in [2.45, 2.75) is 6.92 Å².